The lowest BCUT2D eigenvalue weighted by atomic mass is 9.98. The van der Waals surface area contributed by atoms with Crippen molar-refractivity contribution in [2.75, 3.05) is 0 Å². The van der Waals surface area contributed by atoms with Crippen LogP contribution in [0.5, 0.6) is 0 Å². The lowest BCUT2D eigenvalue weighted by Gasteiger charge is -2.27. The van der Waals surface area contributed by atoms with Crippen molar-refractivity contribution < 1.29 is 18.7 Å². The lowest BCUT2D eigenvalue weighted by Crippen LogP contribution is -2.52. The Morgan fingerprint density at radius 1 is 1.33 bits per heavy atom. The zero-order valence-corrected chi connectivity index (χ0v) is 10.4. The van der Waals surface area contributed by atoms with E-state index in [0.29, 0.717) is 0 Å². The first-order chi connectivity index (χ1) is 8.35. The van der Waals surface area contributed by atoms with Crippen molar-refractivity contribution in [1.82, 2.24) is 5.32 Å². The molecule has 0 radical (unpaired) electrons. The maximum atomic E-state index is 13.7. The van der Waals surface area contributed by atoms with Crippen molar-refractivity contribution in [2.24, 2.45) is 5.92 Å². The van der Waals surface area contributed by atoms with Gasteiger partial charge in [0, 0.05) is 12.5 Å². The topological polar surface area (TPSA) is 49.3 Å². The molecule has 0 amide bonds. The summed E-state index contributed by atoms with van der Waals surface area (Å²) in [5.74, 6) is -5.87. The van der Waals surface area contributed by atoms with Gasteiger partial charge in [0.2, 0.25) is 0 Å². The summed E-state index contributed by atoms with van der Waals surface area (Å²) in [5, 5.41) is 11.3. The molecule has 1 aromatic carbocycles. The molecule has 0 unspecified atom stereocenters. The van der Waals surface area contributed by atoms with Gasteiger partial charge in [-0.05, 0) is 5.56 Å². The highest BCUT2D eigenvalue weighted by Crippen LogP contribution is 2.28. The van der Waals surface area contributed by atoms with Gasteiger partial charge in [-0.2, -0.15) is 0 Å². The van der Waals surface area contributed by atoms with Gasteiger partial charge in [0.05, 0.1) is 0 Å². The predicted octanol–water partition coefficient (Wildman–Crippen LogP) is 2.52. The first-order valence-electron chi connectivity index (χ1n) is 5.73. The van der Waals surface area contributed by atoms with Gasteiger partial charge in [-0.1, -0.05) is 44.2 Å². The number of hydrogen-bond acceptors (Lipinski definition) is 2. The van der Waals surface area contributed by atoms with Crippen LogP contribution in [0, 0.1) is 5.92 Å². The minimum Gasteiger partial charge on any atom is -0.480 e. The van der Waals surface area contributed by atoms with E-state index in [9.17, 15) is 13.6 Å². The second-order valence-corrected chi connectivity index (χ2v) is 4.47. The van der Waals surface area contributed by atoms with Crippen LogP contribution in [-0.2, 0) is 11.3 Å². The largest absolute Gasteiger partial charge is 0.480 e. The fourth-order valence-electron chi connectivity index (χ4n) is 1.54. The van der Waals surface area contributed by atoms with Gasteiger partial charge in [0.1, 0.15) is 0 Å². The standard InChI is InChI=1S/C13H17F2NO2/c1-9(2)13(14,15)11(12(17)18)16-8-10-6-4-3-5-7-10/h3-7,9,11,16H,8H2,1-2H3,(H,17,18)/t11-/m1/s1. The second-order valence-electron chi connectivity index (χ2n) is 4.47. The molecule has 1 atom stereocenters. The van der Waals surface area contributed by atoms with Crippen LogP contribution in [0.1, 0.15) is 19.4 Å². The molecule has 0 heterocycles. The summed E-state index contributed by atoms with van der Waals surface area (Å²) in [5.41, 5.74) is 0.767. The van der Waals surface area contributed by atoms with E-state index in [2.05, 4.69) is 5.32 Å². The van der Waals surface area contributed by atoms with Crippen LogP contribution >= 0.6 is 0 Å². The van der Waals surface area contributed by atoms with Crippen LogP contribution in [-0.4, -0.2) is 23.0 Å². The number of aliphatic carboxylic acids is 1. The molecule has 3 nitrogen and oxygen atoms in total. The molecule has 0 aliphatic rings. The van der Waals surface area contributed by atoms with Crippen LogP contribution in [0.2, 0.25) is 0 Å². The molecule has 0 saturated heterocycles. The highest BCUT2D eigenvalue weighted by atomic mass is 19.3. The Kier molecular flexibility index (Phi) is 4.78. The average molecular weight is 257 g/mol. The Labute approximate surface area is 105 Å². The molecule has 0 fully saturated rings. The molecule has 18 heavy (non-hydrogen) atoms. The molecule has 0 spiro atoms. The number of hydrogen-bond donors (Lipinski definition) is 2. The number of carbonyl (C=O) groups is 1. The first kappa shape index (κ1) is 14.6. The number of benzene rings is 1. The van der Waals surface area contributed by atoms with Crippen molar-refractivity contribution in [2.45, 2.75) is 32.4 Å². The van der Waals surface area contributed by atoms with Gasteiger partial charge in [-0.3, -0.25) is 10.1 Å². The highest BCUT2D eigenvalue weighted by Gasteiger charge is 2.46. The molecule has 2 N–H and O–H groups in total. The van der Waals surface area contributed by atoms with Gasteiger partial charge in [0.15, 0.2) is 6.04 Å². The molecule has 5 heteroatoms. The second kappa shape index (κ2) is 5.91. The molecule has 0 bridgehead atoms. The van der Waals surface area contributed by atoms with Crippen molar-refractivity contribution in [3.05, 3.63) is 35.9 Å². The maximum absolute atomic E-state index is 13.7. The summed E-state index contributed by atoms with van der Waals surface area (Å²) in [4.78, 5) is 10.9. The summed E-state index contributed by atoms with van der Waals surface area (Å²) < 4.78 is 27.4. The molecule has 0 aromatic heterocycles. The number of halogens is 2. The lowest BCUT2D eigenvalue weighted by molar-refractivity contribution is -0.156. The number of carboxylic acid groups (broad SMARTS) is 1. The third kappa shape index (κ3) is 3.50. The number of carboxylic acids is 1. The maximum Gasteiger partial charge on any atom is 0.327 e. The molecule has 1 rings (SSSR count). The van der Waals surface area contributed by atoms with Crippen molar-refractivity contribution >= 4 is 5.97 Å². The molecule has 100 valence electrons. The summed E-state index contributed by atoms with van der Waals surface area (Å²) in [7, 11) is 0. The van der Waals surface area contributed by atoms with E-state index in [1.54, 1.807) is 30.3 Å². The molecular formula is C13H17F2NO2. The van der Waals surface area contributed by atoms with Gasteiger partial charge >= 0.3 is 5.97 Å². The number of rotatable bonds is 6. The van der Waals surface area contributed by atoms with E-state index in [1.165, 1.54) is 13.8 Å². The van der Waals surface area contributed by atoms with E-state index in [0.717, 1.165) is 5.56 Å². The van der Waals surface area contributed by atoms with Gasteiger partial charge in [-0.25, -0.2) is 8.78 Å². The normalized spacial score (nSPS) is 13.6. The van der Waals surface area contributed by atoms with Crippen LogP contribution < -0.4 is 5.32 Å². The quantitative estimate of drug-likeness (QED) is 0.823. The van der Waals surface area contributed by atoms with E-state index < -0.39 is 23.9 Å². The molecule has 0 aliphatic heterocycles. The molecular weight excluding hydrogens is 240 g/mol. The highest BCUT2D eigenvalue weighted by molar-refractivity contribution is 5.74. The predicted molar refractivity (Wildman–Crippen MR) is 64.5 cm³/mol. The number of nitrogens with one attached hydrogen (secondary N) is 1. The van der Waals surface area contributed by atoms with Crippen LogP contribution in [0.25, 0.3) is 0 Å². The van der Waals surface area contributed by atoms with Gasteiger partial charge in [0.25, 0.3) is 5.92 Å². The van der Waals surface area contributed by atoms with Gasteiger partial charge < -0.3 is 5.11 Å². The molecule has 0 aliphatic carbocycles. The Bertz CT molecular complexity index is 393. The average Bonchev–Trinajstić information content (AvgIpc) is 2.29. The van der Waals surface area contributed by atoms with E-state index >= 15 is 0 Å². The van der Waals surface area contributed by atoms with E-state index in [4.69, 9.17) is 5.11 Å². The zero-order chi connectivity index (χ0) is 13.8. The third-order valence-electron chi connectivity index (χ3n) is 2.75. The number of alkyl halides is 2. The third-order valence-corrected chi connectivity index (χ3v) is 2.75. The summed E-state index contributed by atoms with van der Waals surface area (Å²) in [6.45, 7) is 2.71. The first-order valence-corrected chi connectivity index (χ1v) is 5.73. The minimum atomic E-state index is -3.29. The summed E-state index contributed by atoms with van der Waals surface area (Å²) in [6, 6.07) is 6.97. The monoisotopic (exact) mass is 257 g/mol. The van der Waals surface area contributed by atoms with Crippen LogP contribution in [0.15, 0.2) is 30.3 Å². The fraction of sp³-hybridized carbons (Fsp3) is 0.462. The summed E-state index contributed by atoms with van der Waals surface area (Å²) in [6.07, 6.45) is 0. The van der Waals surface area contributed by atoms with Crippen LogP contribution in [0.4, 0.5) is 8.78 Å². The Morgan fingerprint density at radius 3 is 2.33 bits per heavy atom. The summed E-state index contributed by atoms with van der Waals surface area (Å²) >= 11 is 0. The fourth-order valence-corrected chi connectivity index (χ4v) is 1.54. The smallest absolute Gasteiger partial charge is 0.327 e. The zero-order valence-electron chi connectivity index (χ0n) is 10.4. The molecule has 1 aromatic rings. The van der Waals surface area contributed by atoms with Crippen LogP contribution in [0.3, 0.4) is 0 Å². The van der Waals surface area contributed by atoms with E-state index in [-0.39, 0.29) is 6.54 Å². The van der Waals surface area contributed by atoms with E-state index in [1.807, 2.05) is 0 Å². The SMILES string of the molecule is CC(C)C(F)(F)[C@H](NCc1ccccc1)C(=O)O. The van der Waals surface area contributed by atoms with Crippen molar-refractivity contribution in [3.63, 3.8) is 0 Å². The minimum absolute atomic E-state index is 0.0973. The van der Waals surface area contributed by atoms with Crippen molar-refractivity contribution in [1.29, 1.82) is 0 Å². The Balaban J connectivity index is 2.74. The molecule has 0 saturated carbocycles. The van der Waals surface area contributed by atoms with Crippen molar-refractivity contribution in [3.8, 4) is 0 Å². The van der Waals surface area contributed by atoms with Gasteiger partial charge in [-0.15, -0.1) is 0 Å². The Morgan fingerprint density at radius 2 is 1.89 bits per heavy atom. The Hall–Kier alpha value is -1.49.